The predicted molar refractivity (Wildman–Crippen MR) is 125 cm³/mol. The highest BCUT2D eigenvalue weighted by Crippen LogP contribution is 2.51. The first kappa shape index (κ1) is 23.2. The minimum absolute atomic E-state index is 0. The van der Waals surface area contributed by atoms with E-state index >= 15 is 0 Å². The molecule has 0 aromatic heterocycles. The van der Waals surface area contributed by atoms with E-state index in [0.717, 1.165) is 23.8 Å². The Labute approximate surface area is 201 Å². The molecule has 0 saturated heterocycles. The molecule has 1 aliphatic carbocycles. The van der Waals surface area contributed by atoms with Crippen LogP contribution in [-0.2, 0) is 26.4 Å². The molecule has 2 aliphatic rings. The number of primary sulfonamides is 1. The van der Waals surface area contributed by atoms with Crippen LogP contribution in [0.25, 0.3) is 11.1 Å². The molecule has 1 fully saturated rings. The number of benzene rings is 3. The van der Waals surface area contributed by atoms with Crippen LogP contribution in [0.3, 0.4) is 0 Å². The van der Waals surface area contributed by atoms with Crippen molar-refractivity contribution >= 4 is 21.6 Å². The van der Waals surface area contributed by atoms with Crippen molar-refractivity contribution in [3.63, 3.8) is 0 Å². The molecule has 1 aliphatic heterocycles. The van der Waals surface area contributed by atoms with E-state index in [1.165, 1.54) is 24.3 Å². The summed E-state index contributed by atoms with van der Waals surface area (Å²) in [5.41, 5.74) is -0.885. The minimum Gasteiger partial charge on any atom is -0.454 e. The molecule has 5 rings (SSSR count). The second-order valence-electron chi connectivity index (χ2n) is 8.43. The lowest BCUT2D eigenvalue weighted by Gasteiger charge is -2.19. The molecule has 7 nitrogen and oxygen atoms in total. The molecule has 0 spiro atoms. The van der Waals surface area contributed by atoms with E-state index < -0.39 is 27.2 Å². The van der Waals surface area contributed by atoms with Crippen LogP contribution in [0.2, 0.25) is 0 Å². The molecule has 0 radical (unpaired) electrons. The standard InChI is InChI=1S/C24H19F3N2O5S.2H2/c25-24(26,27)19-7-4-16(12-18(19)14-1-5-17(6-2-14)35(28,31)32)29-22(30)23(9-10-23)15-3-8-20-21(11-15)34-13-33-20;;/h1-8,11-12H,9-10,13H2,(H,29,30)(H2,28,31,32);2*1H. The quantitative estimate of drug-likeness (QED) is 0.509. The van der Waals surface area contributed by atoms with E-state index in [9.17, 15) is 26.4 Å². The van der Waals surface area contributed by atoms with Crippen LogP contribution in [0.15, 0.2) is 65.6 Å². The zero-order valence-electron chi connectivity index (χ0n) is 18.1. The van der Waals surface area contributed by atoms with Gasteiger partial charge in [-0.3, -0.25) is 4.79 Å². The largest absolute Gasteiger partial charge is 0.454 e. The van der Waals surface area contributed by atoms with E-state index in [1.807, 2.05) is 0 Å². The van der Waals surface area contributed by atoms with Crippen LogP contribution in [-0.4, -0.2) is 21.1 Å². The van der Waals surface area contributed by atoms with E-state index in [0.29, 0.717) is 24.3 Å². The van der Waals surface area contributed by atoms with Crippen LogP contribution in [0.5, 0.6) is 11.5 Å². The summed E-state index contributed by atoms with van der Waals surface area (Å²) in [7, 11) is -4.00. The third kappa shape index (κ3) is 4.32. The van der Waals surface area contributed by atoms with E-state index in [-0.39, 0.29) is 37.3 Å². The Morgan fingerprint density at radius 3 is 2.29 bits per heavy atom. The number of hydrogen-bond acceptors (Lipinski definition) is 5. The SMILES string of the molecule is NS(=O)(=O)c1ccc(-c2cc(NC(=O)C3(c4ccc5c(c4)OCO5)CC3)ccc2C(F)(F)F)cc1.[HH].[HH]. The molecule has 0 bridgehead atoms. The monoisotopic (exact) mass is 508 g/mol. The van der Waals surface area contributed by atoms with Gasteiger partial charge in [0, 0.05) is 8.54 Å². The van der Waals surface area contributed by atoms with Gasteiger partial charge in [0.15, 0.2) is 11.5 Å². The number of carbonyl (C=O) groups is 1. The zero-order chi connectivity index (χ0) is 25.0. The smallest absolute Gasteiger partial charge is 0.417 e. The van der Waals surface area contributed by atoms with Gasteiger partial charge in [-0.15, -0.1) is 0 Å². The zero-order valence-corrected chi connectivity index (χ0v) is 18.9. The van der Waals surface area contributed by atoms with Crippen molar-refractivity contribution in [2.45, 2.75) is 29.3 Å². The van der Waals surface area contributed by atoms with Crippen molar-refractivity contribution in [1.29, 1.82) is 0 Å². The lowest BCUT2D eigenvalue weighted by atomic mass is 9.94. The van der Waals surface area contributed by atoms with Crippen LogP contribution in [0.4, 0.5) is 18.9 Å². The maximum atomic E-state index is 13.7. The first-order chi connectivity index (χ1) is 16.5. The van der Waals surface area contributed by atoms with Crippen molar-refractivity contribution in [3.05, 3.63) is 71.8 Å². The third-order valence-corrected chi connectivity index (χ3v) is 7.12. The highest BCUT2D eigenvalue weighted by molar-refractivity contribution is 7.89. The number of nitrogens with two attached hydrogens (primary N) is 1. The summed E-state index contributed by atoms with van der Waals surface area (Å²) in [5.74, 6) is 0.791. The van der Waals surface area contributed by atoms with Gasteiger partial charge < -0.3 is 14.8 Å². The summed E-state index contributed by atoms with van der Waals surface area (Å²) in [6, 6.07) is 13.3. The Hall–Kier alpha value is -3.57. The number of hydrogen-bond donors (Lipinski definition) is 2. The van der Waals surface area contributed by atoms with Gasteiger partial charge in [0.25, 0.3) is 0 Å². The summed E-state index contributed by atoms with van der Waals surface area (Å²) in [4.78, 5) is 13.0. The lowest BCUT2D eigenvalue weighted by molar-refractivity contribution is -0.137. The van der Waals surface area contributed by atoms with Crippen molar-refractivity contribution in [1.82, 2.24) is 0 Å². The molecule has 11 heteroatoms. The maximum Gasteiger partial charge on any atom is 0.417 e. The summed E-state index contributed by atoms with van der Waals surface area (Å²) < 4.78 is 74.8. The average molecular weight is 509 g/mol. The molecular weight excluding hydrogens is 485 g/mol. The number of alkyl halides is 3. The number of halogens is 3. The molecule has 1 amide bonds. The number of amides is 1. The Balaban J connectivity index is 0.00000190. The number of anilines is 1. The van der Waals surface area contributed by atoms with Crippen molar-refractivity contribution in [2.24, 2.45) is 5.14 Å². The van der Waals surface area contributed by atoms with Crippen LogP contribution in [0.1, 0.15) is 26.8 Å². The van der Waals surface area contributed by atoms with Gasteiger partial charge in [-0.25, -0.2) is 13.6 Å². The van der Waals surface area contributed by atoms with Gasteiger partial charge in [0.2, 0.25) is 22.7 Å². The topological polar surface area (TPSA) is 108 Å². The third-order valence-electron chi connectivity index (χ3n) is 6.19. The molecule has 35 heavy (non-hydrogen) atoms. The van der Waals surface area contributed by atoms with Gasteiger partial charge in [0.1, 0.15) is 0 Å². The fraction of sp³-hybridized carbons (Fsp3) is 0.208. The minimum atomic E-state index is -4.67. The normalized spacial score (nSPS) is 16.1. The van der Waals surface area contributed by atoms with Crippen molar-refractivity contribution in [3.8, 4) is 22.6 Å². The molecule has 0 unspecified atom stereocenters. The van der Waals surface area contributed by atoms with E-state index in [4.69, 9.17) is 14.6 Å². The average Bonchev–Trinajstić information content (AvgIpc) is 3.49. The number of ether oxygens (including phenoxy) is 2. The van der Waals surface area contributed by atoms with Crippen molar-refractivity contribution in [2.75, 3.05) is 12.1 Å². The van der Waals surface area contributed by atoms with E-state index in [2.05, 4.69) is 5.32 Å². The second-order valence-corrected chi connectivity index (χ2v) is 9.99. The van der Waals surface area contributed by atoms with Gasteiger partial charge in [0.05, 0.1) is 15.9 Å². The van der Waals surface area contributed by atoms with Crippen molar-refractivity contribution < 1.29 is 38.7 Å². The van der Waals surface area contributed by atoms with Crippen LogP contribution >= 0.6 is 0 Å². The van der Waals surface area contributed by atoms with Crippen LogP contribution in [0, 0.1) is 0 Å². The molecule has 0 atom stereocenters. The fourth-order valence-electron chi connectivity index (χ4n) is 4.15. The lowest BCUT2D eigenvalue weighted by Crippen LogP contribution is -2.27. The highest BCUT2D eigenvalue weighted by Gasteiger charge is 2.51. The van der Waals surface area contributed by atoms with Gasteiger partial charge in [-0.2, -0.15) is 13.2 Å². The van der Waals surface area contributed by atoms with Gasteiger partial charge in [-0.1, -0.05) is 18.2 Å². The Morgan fingerprint density at radius 1 is 0.971 bits per heavy atom. The maximum absolute atomic E-state index is 13.7. The number of sulfonamides is 1. The fourth-order valence-corrected chi connectivity index (χ4v) is 4.66. The summed E-state index contributed by atoms with van der Waals surface area (Å²) in [6.45, 7) is 0.102. The van der Waals surface area contributed by atoms with Gasteiger partial charge >= 0.3 is 6.18 Å². The highest BCUT2D eigenvalue weighted by atomic mass is 32.2. The second kappa shape index (κ2) is 7.99. The molecule has 1 heterocycles. The number of fused-ring (bicyclic) bond motifs is 1. The van der Waals surface area contributed by atoms with Crippen LogP contribution < -0.4 is 19.9 Å². The molecule has 1 saturated carbocycles. The first-order valence-electron chi connectivity index (χ1n) is 10.5. The molecule has 3 aromatic carbocycles. The molecule has 3 aromatic rings. The summed E-state index contributed by atoms with van der Waals surface area (Å²) >= 11 is 0. The van der Waals surface area contributed by atoms with Gasteiger partial charge in [-0.05, 0) is 72.0 Å². The Bertz CT molecular complexity index is 1440. The Kier molecular flexibility index (Phi) is 5.29. The summed E-state index contributed by atoms with van der Waals surface area (Å²) in [6.07, 6.45) is -3.50. The Morgan fingerprint density at radius 2 is 1.66 bits per heavy atom. The summed E-state index contributed by atoms with van der Waals surface area (Å²) in [5, 5.41) is 7.82. The molecule has 3 N–H and O–H groups in total. The first-order valence-corrected chi connectivity index (χ1v) is 12.1. The molecule has 186 valence electrons. The number of carbonyl (C=O) groups excluding carboxylic acids is 1. The number of nitrogens with one attached hydrogen (secondary N) is 1. The molecular formula is C24H23F3N2O5S. The predicted octanol–water partition coefficient (Wildman–Crippen LogP) is 4.91. The van der Waals surface area contributed by atoms with E-state index in [1.54, 1.807) is 18.2 Å². The number of rotatable bonds is 5.